The van der Waals surface area contributed by atoms with Gasteiger partial charge in [0.05, 0.1) is 0 Å². The van der Waals surface area contributed by atoms with Gasteiger partial charge in [0, 0.05) is 5.54 Å². The van der Waals surface area contributed by atoms with Crippen molar-refractivity contribution in [1.82, 2.24) is 0 Å². The highest BCUT2D eigenvalue weighted by atomic mass is 14.7. The lowest BCUT2D eigenvalue weighted by molar-refractivity contribution is 0.547. The van der Waals surface area contributed by atoms with Gasteiger partial charge in [0.15, 0.2) is 0 Å². The minimum absolute atomic E-state index is 0.217. The third-order valence-corrected chi connectivity index (χ3v) is 2.23. The zero-order valence-corrected chi connectivity index (χ0v) is 8.80. The lowest BCUT2D eigenvalue weighted by Gasteiger charge is -2.22. The monoisotopic (exact) mass is 177 g/mol. The quantitative estimate of drug-likeness (QED) is 0.755. The second kappa shape index (κ2) is 3.93. The minimum atomic E-state index is -0.217. The Labute approximate surface area is 81.0 Å². The van der Waals surface area contributed by atoms with Crippen LogP contribution in [0.3, 0.4) is 0 Å². The molecule has 0 atom stereocenters. The molecule has 13 heavy (non-hydrogen) atoms. The van der Waals surface area contributed by atoms with Crippen molar-refractivity contribution < 1.29 is 0 Å². The molecule has 0 heterocycles. The van der Waals surface area contributed by atoms with E-state index in [0.29, 0.717) is 0 Å². The Bertz CT molecular complexity index is 271. The van der Waals surface area contributed by atoms with Crippen molar-refractivity contribution in [2.45, 2.75) is 39.2 Å². The molecule has 1 nitrogen and oxygen atoms in total. The van der Waals surface area contributed by atoms with Gasteiger partial charge in [-0.25, -0.2) is 0 Å². The molecule has 1 aromatic rings. The molecule has 0 saturated carbocycles. The highest BCUT2D eigenvalue weighted by Gasteiger charge is 2.16. The standard InChI is InChI=1S/C12H19N/c1-4-7-10-8-5-6-9-11(10)12(2,3)13/h5-6,8-9H,4,7,13H2,1-3H3. The fraction of sp³-hybridized carbons (Fsp3) is 0.500. The van der Waals surface area contributed by atoms with Gasteiger partial charge in [-0.1, -0.05) is 37.6 Å². The Balaban J connectivity index is 3.05. The molecule has 0 fully saturated rings. The fourth-order valence-electron chi connectivity index (χ4n) is 1.64. The molecule has 0 spiro atoms. The summed E-state index contributed by atoms with van der Waals surface area (Å²) in [6.45, 7) is 6.31. The molecule has 0 aliphatic rings. The molecule has 1 aromatic carbocycles. The van der Waals surface area contributed by atoms with Gasteiger partial charge in [-0.15, -0.1) is 0 Å². The Hall–Kier alpha value is -0.820. The van der Waals surface area contributed by atoms with Crippen LogP contribution in [0.5, 0.6) is 0 Å². The van der Waals surface area contributed by atoms with E-state index in [1.807, 2.05) is 0 Å². The van der Waals surface area contributed by atoms with Crippen molar-refractivity contribution in [3.8, 4) is 0 Å². The third-order valence-electron chi connectivity index (χ3n) is 2.23. The van der Waals surface area contributed by atoms with Gasteiger partial charge in [0.2, 0.25) is 0 Å². The lowest BCUT2D eigenvalue weighted by atomic mass is 9.89. The first kappa shape index (κ1) is 10.3. The fourth-order valence-corrected chi connectivity index (χ4v) is 1.64. The summed E-state index contributed by atoms with van der Waals surface area (Å²) >= 11 is 0. The van der Waals surface area contributed by atoms with Crippen LogP contribution < -0.4 is 5.73 Å². The Morgan fingerprint density at radius 2 is 1.85 bits per heavy atom. The molecule has 0 bridgehead atoms. The lowest BCUT2D eigenvalue weighted by Crippen LogP contribution is -2.29. The van der Waals surface area contributed by atoms with Crippen LogP contribution in [0.4, 0.5) is 0 Å². The molecule has 0 aliphatic carbocycles. The maximum absolute atomic E-state index is 6.09. The summed E-state index contributed by atoms with van der Waals surface area (Å²) in [7, 11) is 0. The molecule has 0 unspecified atom stereocenters. The first-order chi connectivity index (χ1) is 6.05. The Kier molecular flexibility index (Phi) is 3.10. The molecule has 0 amide bonds. The van der Waals surface area contributed by atoms with Crippen LogP contribution in [0.1, 0.15) is 38.3 Å². The van der Waals surface area contributed by atoms with Crippen molar-refractivity contribution in [3.05, 3.63) is 35.4 Å². The van der Waals surface area contributed by atoms with E-state index in [1.165, 1.54) is 17.5 Å². The van der Waals surface area contributed by atoms with E-state index in [-0.39, 0.29) is 5.54 Å². The van der Waals surface area contributed by atoms with Gasteiger partial charge >= 0.3 is 0 Å². The first-order valence-electron chi connectivity index (χ1n) is 4.93. The van der Waals surface area contributed by atoms with Crippen LogP contribution in [0.2, 0.25) is 0 Å². The summed E-state index contributed by atoms with van der Waals surface area (Å²) in [6.07, 6.45) is 2.30. The average molecular weight is 177 g/mol. The van der Waals surface area contributed by atoms with E-state index in [9.17, 15) is 0 Å². The number of hydrogen-bond acceptors (Lipinski definition) is 1. The molecule has 0 aliphatic heterocycles. The van der Waals surface area contributed by atoms with Crippen LogP contribution in [0, 0.1) is 0 Å². The highest BCUT2D eigenvalue weighted by Crippen LogP contribution is 2.22. The van der Waals surface area contributed by atoms with Crippen LogP contribution in [0.15, 0.2) is 24.3 Å². The normalized spacial score (nSPS) is 11.7. The summed E-state index contributed by atoms with van der Waals surface area (Å²) in [5.41, 5.74) is 8.53. The molecular formula is C12H19N. The zero-order valence-electron chi connectivity index (χ0n) is 8.80. The van der Waals surface area contributed by atoms with Gasteiger partial charge in [-0.2, -0.15) is 0 Å². The van der Waals surface area contributed by atoms with E-state index in [0.717, 1.165) is 6.42 Å². The summed E-state index contributed by atoms with van der Waals surface area (Å²) in [6, 6.07) is 8.45. The Morgan fingerprint density at radius 1 is 1.23 bits per heavy atom. The summed E-state index contributed by atoms with van der Waals surface area (Å²) in [4.78, 5) is 0. The van der Waals surface area contributed by atoms with E-state index in [1.54, 1.807) is 0 Å². The van der Waals surface area contributed by atoms with E-state index >= 15 is 0 Å². The third kappa shape index (κ3) is 2.56. The van der Waals surface area contributed by atoms with Crippen LogP contribution >= 0.6 is 0 Å². The Morgan fingerprint density at radius 3 is 2.38 bits per heavy atom. The molecule has 0 saturated heterocycles. The number of benzene rings is 1. The zero-order chi connectivity index (χ0) is 9.90. The number of nitrogens with two attached hydrogens (primary N) is 1. The number of rotatable bonds is 3. The summed E-state index contributed by atoms with van der Waals surface area (Å²) in [5, 5.41) is 0. The van der Waals surface area contributed by atoms with Gasteiger partial charge in [0.1, 0.15) is 0 Å². The first-order valence-corrected chi connectivity index (χ1v) is 4.93. The van der Waals surface area contributed by atoms with Crippen molar-refractivity contribution in [2.24, 2.45) is 5.73 Å². The van der Waals surface area contributed by atoms with Crippen molar-refractivity contribution >= 4 is 0 Å². The van der Waals surface area contributed by atoms with Gasteiger partial charge < -0.3 is 5.73 Å². The molecule has 2 N–H and O–H groups in total. The van der Waals surface area contributed by atoms with E-state index in [4.69, 9.17) is 5.73 Å². The minimum Gasteiger partial charge on any atom is -0.322 e. The summed E-state index contributed by atoms with van der Waals surface area (Å²) < 4.78 is 0. The van der Waals surface area contributed by atoms with Crippen molar-refractivity contribution in [1.29, 1.82) is 0 Å². The smallest absolute Gasteiger partial charge is 0.0355 e. The number of hydrogen-bond donors (Lipinski definition) is 1. The van der Waals surface area contributed by atoms with Crippen molar-refractivity contribution in [3.63, 3.8) is 0 Å². The average Bonchev–Trinajstić information content (AvgIpc) is 2.04. The van der Waals surface area contributed by atoms with Gasteiger partial charge in [0.25, 0.3) is 0 Å². The maximum atomic E-state index is 6.09. The second-order valence-corrected chi connectivity index (χ2v) is 4.13. The summed E-state index contributed by atoms with van der Waals surface area (Å²) in [5.74, 6) is 0. The molecule has 1 rings (SSSR count). The largest absolute Gasteiger partial charge is 0.322 e. The molecule has 72 valence electrons. The van der Waals surface area contributed by atoms with Crippen LogP contribution in [-0.2, 0) is 12.0 Å². The molecule has 0 aromatic heterocycles. The molecular weight excluding hydrogens is 158 g/mol. The van der Waals surface area contributed by atoms with Gasteiger partial charge in [-0.3, -0.25) is 0 Å². The van der Waals surface area contributed by atoms with Crippen LogP contribution in [-0.4, -0.2) is 0 Å². The van der Waals surface area contributed by atoms with E-state index in [2.05, 4.69) is 45.0 Å². The maximum Gasteiger partial charge on any atom is 0.0355 e. The van der Waals surface area contributed by atoms with Gasteiger partial charge in [-0.05, 0) is 31.4 Å². The molecule has 0 radical (unpaired) electrons. The predicted molar refractivity (Wildman–Crippen MR) is 57.7 cm³/mol. The van der Waals surface area contributed by atoms with Crippen LogP contribution in [0.25, 0.3) is 0 Å². The highest BCUT2D eigenvalue weighted by molar-refractivity contribution is 5.32. The number of aryl methyl sites for hydroxylation is 1. The SMILES string of the molecule is CCCc1ccccc1C(C)(C)N. The predicted octanol–water partition coefficient (Wildman–Crippen LogP) is 2.83. The van der Waals surface area contributed by atoms with Crippen molar-refractivity contribution in [2.75, 3.05) is 0 Å². The second-order valence-electron chi connectivity index (χ2n) is 4.13. The topological polar surface area (TPSA) is 26.0 Å². The molecule has 1 heteroatoms. The van der Waals surface area contributed by atoms with E-state index < -0.39 is 0 Å².